The average molecular weight is 451 g/mol. The Balaban J connectivity index is 1.60. The molecular weight excluding hydrogens is 431 g/mol. The lowest BCUT2D eigenvalue weighted by atomic mass is 10.0. The first-order chi connectivity index (χ1) is 13.8. The lowest BCUT2D eigenvalue weighted by Gasteiger charge is -2.13. The molecule has 1 aromatic heterocycles. The first-order valence-corrected chi connectivity index (χ1v) is 10.5. The van der Waals surface area contributed by atoms with Gasteiger partial charge in [-0.05, 0) is 48.2 Å². The van der Waals surface area contributed by atoms with Crippen LogP contribution in [0.3, 0.4) is 0 Å². The number of urea groups is 1. The summed E-state index contributed by atoms with van der Waals surface area (Å²) in [6, 6.07) is 10.5. The van der Waals surface area contributed by atoms with Crippen LogP contribution in [-0.2, 0) is 6.61 Å². The van der Waals surface area contributed by atoms with E-state index in [2.05, 4.69) is 46.8 Å². The van der Waals surface area contributed by atoms with Crippen molar-refractivity contribution in [2.75, 3.05) is 10.6 Å². The van der Waals surface area contributed by atoms with Crippen molar-refractivity contribution in [2.45, 2.75) is 33.3 Å². The van der Waals surface area contributed by atoms with Crippen LogP contribution in [0.1, 0.15) is 35.9 Å². The highest BCUT2D eigenvalue weighted by Crippen LogP contribution is 2.29. The van der Waals surface area contributed by atoms with E-state index < -0.39 is 6.03 Å². The highest BCUT2D eigenvalue weighted by atomic mass is 35.5. The number of nitrogens with one attached hydrogen (secondary N) is 2. The summed E-state index contributed by atoms with van der Waals surface area (Å²) in [5.41, 5.74) is 2.71. The maximum atomic E-state index is 12.2. The second kappa shape index (κ2) is 9.43. The first-order valence-electron chi connectivity index (χ1n) is 8.90. The lowest BCUT2D eigenvalue weighted by molar-refractivity contribution is 0.262. The Morgan fingerprint density at radius 3 is 2.66 bits per heavy atom. The van der Waals surface area contributed by atoms with Crippen LogP contribution in [-0.4, -0.2) is 16.2 Å². The molecule has 2 amide bonds. The quantitative estimate of drug-likeness (QED) is 0.449. The molecule has 29 heavy (non-hydrogen) atoms. The van der Waals surface area contributed by atoms with E-state index in [4.69, 9.17) is 27.9 Å². The number of anilines is 2. The molecule has 0 fully saturated rings. The van der Waals surface area contributed by atoms with Crippen molar-refractivity contribution in [3.63, 3.8) is 0 Å². The van der Waals surface area contributed by atoms with Crippen LogP contribution in [0.25, 0.3) is 0 Å². The number of nitrogens with zero attached hydrogens (tertiary/aromatic N) is 2. The third-order valence-corrected chi connectivity index (χ3v) is 5.37. The number of hydrogen-bond acceptors (Lipinski definition) is 5. The highest BCUT2D eigenvalue weighted by Gasteiger charge is 2.12. The molecule has 0 saturated carbocycles. The van der Waals surface area contributed by atoms with Gasteiger partial charge in [-0.1, -0.05) is 60.5 Å². The van der Waals surface area contributed by atoms with Gasteiger partial charge >= 0.3 is 6.03 Å². The third kappa shape index (κ3) is 5.82. The van der Waals surface area contributed by atoms with E-state index in [1.54, 1.807) is 18.2 Å². The van der Waals surface area contributed by atoms with E-state index in [1.807, 2.05) is 13.0 Å². The fourth-order valence-electron chi connectivity index (χ4n) is 2.59. The fraction of sp³-hybridized carbons (Fsp3) is 0.250. The van der Waals surface area contributed by atoms with Gasteiger partial charge in [0, 0.05) is 5.02 Å². The summed E-state index contributed by atoms with van der Waals surface area (Å²) in [6.45, 7) is 6.54. The van der Waals surface area contributed by atoms with Crippen molar-refractivity contribution < 1.29 is 9.53 Å². The molecule has 0 saturated heterocycles. The van der Waals surface area contributed by atoms with Crippen molar-refractivity contribution in [2.24, 2.45) is 0 Å². The number of ether oxygens (including phenoxy) is 1. The van der Waals surface area contributed by atoms with E-state index in [0.717, 1.165) is 16.9 Å². The van der Waals surface area contributed by atoms with Gasteiger partial charge in [-0.2, -0.15) is 0 Å². The Morgan fingerprint density at radius 1 is 1.14 bits per heavy atom. The molecule has 1 heterocycles. The zero-order valence-corrected chi connectivity index (χ0v) is 18.5. The molecule has 9 heteroatoms. The summed E-state index contributed by atoms with van der Waals surface area (Å²) in [4.78, 5) is 12.2. The molecule has 0 unspecified atom stereocenters. The van der Waals surface area contributed by atoms with Crippen LogP contribution in [0.4, 0.5) is 15.6 Å². The lowest BCUT2D eigenvalue weighted by Crippen LogP contribution is -2.19. The van der Waals surface area contributed by atoms with Crippen LogP contribution in [0.5, 0.6) is 5.75 Å². The average Bonchev–Trinajstić information content (AvgIpc) is 3.09. The summed E-state index contributed by atoms with van der Waals surface area (Å²) in [6.07, 6.45) is 0. The second-order valence-electron chi connectivity index (χ2n) is 6.69. The van der Waals surface area contributed by atoms with Crippen LogP contribution in [0.15, 0.2) is 36.4 Å². The Hall–Kier alpha value is -2.35. The Labute approximate surface area is 183 Å². The van der Waals surface area contributed by atoms with Crippen LogP contribution < -0.4 is 15.4 Å². The molecule has 6 nitrogen and oxygen atoms in total. The van der Waals surface area contributed by atoms with Crippen molar-refractivity contribution in [1.29, 1.82) is 0 Å². The van der Waals surface area contributed by atoms with Gasteiger partial charge < -0.3 is 10.1 Å². The van der Waals surface area contributed by atoms with Crippen molar-refractivity contribution in [3.8, 4) is 5.75 Å². The van der Waals surface area contributed by atoms with Gasteiger partial charge in [-0.15, -0.1) is 10.2 Å². The van der Waals surface area contributed by atoms with Gasteiger partial charge in [0.05, 0.1) is 10.7 Å². The van der Waals surface area contributed by atoms with Gasteiger partial charge in [-0.3, -0.25) is 5.32 Å². The number of carbonyl (C=O) groups is 1. The molecule has 0 aliphatic rings. The molecule has 2 aromatic carbocycles. The minimum absolute atomic E-state index is 0.271. The van der Waals surface area contributed by atoms with E-state index in [9.17, 15) is 4.79 Å². The normalized spacial score (nSPS) is 10.8. The van der Waals surface area contributed by atoms with Crippen molar-refractivity contribution in [1.82, 2.24) is 10.2 Å². The molecule has 2 N–H and O–H groups in total. The molecule has 3 aromatic rings. The summed E-state index contributed by atoms with van der Waals surface area (Å²) in [5, 5.41) is 15.2. The molecule has 0 radical (unpaired) electrons. The monoisotopic (exact) mass is 450 g/mol. The molecule has 3 rings (SSSR count). The summed E-state index contributed by atoms with van der Waals surface area (Å²) in [5.74, 6) is 1.18. The molecule has 0 aliphatic carbocycles. The van der Waals surface area contributed by atoms with Gasteiger partial charge in [-0.25, -0.2) is 4.79 Å². The first kappa shape index (κ1) is 21.4. The number of benzene rings is 2. The molecule has 152 valence electrons. The molecule has 0 atom stereocenters. The van der Waals surface area contributed by atoms with Crippen LogP contribution >= 0.6 is 34.5 Å². The van der Waals surface area contributed by atoms with Crippen molar-refractivity contribution in [3.05, 3.63) is 62.6 Å². The number of amides is 2. The predicted octanol–water partition coefficient (Wildman–Crippen LogP) is 6.50. The number of carbonyl (C=O) groups excluding carboxylic acids is 1. The highest BCUT2D eigenvalue weighted by molar-refractivity contribution is 7.15. The van der Waals surface area contributed by atoms with Gasteiger partial charge in [0.15, 0.2) is 5.01 Å². The molecule has 0 aliphatic heterocycles. The van der Waals surface area contributed by atoms with E-state index in [-0.39, 0.29) is 6.61 Å². The molecule has 0 bridgehead atoms. The number of aromatic nitrogens is 2. The number of hydrogen-bond donors (Lipinski definition) is 2. The topological polar surface area (TPSA) is 76.1 Å². The Kier molecular flexibility index (Phi) is 6.95. The second-order valence-corrected chi connectivity index (χ2v) is 8.59. The smallest absolute Gasteiger partial charge is 0.325 e. The Morgan fingerprint density at radius 2 is 1.93 bits per heavy atom. The summed E-state index contributed by atoms with van der Waals surface area (Å²) >= 11 is 13.2. The van der Waals surface area contributed by atoms with Gasteiger partial charge in [0.25, 0.3) is 0 Å². The maximum absolute atomic E-state index is 12.2. The van der Waals surface area contributed by atoms with E-state index in [0.29, 0.717) is 31.8 Å². The molecule has 0 spiro atoms. The molecular formula is C20H20Cl2N4O2S. The zero-order valence-electron chi connectivity index (χ0n) is 16.1. The van der Waals surface area contributed by atoms with Crippen molar-refractivity contribution >= 4 is 51.4 Å². The zero-order chi connectivity index (χ0) is 21.0. The van der Waals surface area contributed by atoms with Gasteiger partial charge in [0.2, 0.25) is 5.13 Å². The fourth-order valence-corrected chi connectivity index (χ4v) is 3.69. The number of rotatable bonds is 6. The minimum atomic E-state index is -0.474. The number of halogens is 2. The third-order valence-electron chi connectivity index (χ3n) is 4.01. The largest absolute Gasteiger partial charge is 0.486 e. The van der Waals surface area contributed by atoms with Crippen LogP contribution in [0.2, 0.25) is 10.0 Å². The van der Waals surface area contributed by atoms with Crippen LogP contribution in [0, 0.1) is 6.92 Å². The standard InChI is InChI=1S/C20H20Cl2N4O2S/c1-11(2)14-6-4-12(3)8-17(14)28-10-18-25-26-20(29-18)24-19(27)23-16-7-5-13(21)9-15(16)22/h4-9,11H,10H2,1-3H3,(H2,23,24,26,27). The van der Waals surface area contributed by atoms with E-state index in [1.165, 1.54) is 11.3 Å². The number of aryl methyl sites for hydroxylation is 1. The van der Waals surface area contributed by atoms with E-state index >= 15 is 0 Å². The summed E-state index contributed by atoms with van der Waals surface area (Å²) < 4.78 is 5.96. The Bertz CT molecular complexity index is 1020. The SMILES string of the molecule is Cc1ccc(C(C)C)c(OCc2nnc(NC(=O)Nc3ccc(Cl)cc3Cl)s2)c1. The maximum Gasteiger partial charge on any atom is 0.325 e. The minimum Gasteiger partial charge on any atom is -0.486 e. The predicted molar refractivity (Wildman–Crippen MR) is 119 cm³/mol. The summed E-state index contributed by atoms with van der Waals surface area (Å²) in [7, 11) is 0. The van der Waals surface area contributed by atoms with Gasteiger partial charge in [0.1, 0.15) is 12.4 Å².